The lowest BCUT2D eigenvalue weighted by molar-refractivity contribution is 0.276. The predicted octanol–water partition coefficient (Wildman–Crippen LogP) is 0.950. The number of aryl methyl sites for hydroxylation is 1. The number of hydrogen-bond donors (Lipinski definition) is 0. The topological polar surface area (TPSA) is 75.5 Å². The maximum atomic E-state index is 14.9. The van der Waals surface area contributed by atoms with Gasteiger partial charge in [0, 0.05) is 19.6 Å². The van der Waals surface area contributed by atoms with Crippen molar-refractivity contribution < 1.29 is 12.8 Å². The number of likely N-dealkylation sites (N-methyl/N-ethyl adjacent to an activating group) is 1. The second-order valence-corrected chi connectivity index (χ2v) is 9.56. The first-order valence-electron chi connectivity index (χ1n) is 7.80. The Morgan fingerprint density at radius 2 is 2.08 bits per heavy atom. The average Bonchev–Trinajstić information content (AvgIpc) is 2.61. The van der Waals surface area contributed by atoms with Gasteiger partial charge in [-0.2, -0.15) is 4.98 Å². The molecule has 1 saturated heterocycles. The van der Waals surface area contributed by atoms with Crippen LogP contribution in [0.5, 0.6) is 0 Å². The van der Waals surface area contributed by atoms with Crippen LogP contribution in [0.25, 0.3) is 10.9 Å². The fraction of sp³-hybridized carbons (Fsp3) is 0.467. The maximum absolute atomic E-state index is 14.9. The lowest BCUT2D eigenvalue weighted by Gasteiger charge is -2.39. The highest BCUT2D eigenvalue weighted by Gasteiger charge is 2.39. The minimum Gasteiger partial charge on any atom is -0.349 e. The van der Waals surface area contributed by atoms with E-state index in [4.69, 9.17) is 0 Å². The zero-order chi connectivity index (χ0) is 18.1. The summed E-state index contributed by atoms with van der Waals surface area (Å²) in [4.78, 5) is 20.0. The van der Waals surface area contributed by atoms with Gasteiger partial charge >= 0.3 is 5.69 Å². The number of benzene rings is 1. The highest BCUT2D eigenvalue weighted by molar-refractivity contribution is 14.1. The van der Waals surface area contributed by atoms with E-state index in [1.54, 1.807) is 22.9 Å². The van der Waals surface area contributed by atoms with E-state index >= 15 is 0 Å². The Hall–Kier alpha value is -1.27. The SMILES string of the molecule is Cc1cc2c3c(nc(=O)n2I)N2CCN(C)CC2CS(=O)(=O)c3c1F. The Labute approximate surface area is 157 Å². The van der Waals surface area contributed by atoms with E-state index in [0.717, 1.165) is 6.54 Å². The van der Waals surface area contributed by atoms with Gasteiger partial charge in [0.15, 0.2) is 9.84 Å². The summed E-state index contributed by atoms with van der Waals surface area (Å²) in [6.45, 7) is 3.29. The van der Waals surface area contributed by atoms with E-state index < -0.39 is 21.3 Å². The zero-order valence-corrected chi connectivity index (χ0v) is 16.6. The molecule has 0 aliphatic carbocycles. The van der Waals surface area contributed by atoms with Crippen LogP contribution in [0.4, 0.5) is 10.2 Å². The smallest absolute Gasteiger partial charge is 0.349 e. The number of piperazine rings is 1. The summed E-state index contributed by atoms with van der Waals surface area (Å²) in [5, 5.41) is 0.212. The number of anilines is 1. The molecule has 0 amide bonds. The third-order valence-electron chi connectivity index (χ3n) is 4.87. The molecular formula is C15H16FIN4O3S. The Morgan fingerprint density at radius 1 is 1.36 bits per heavy atom. The number of halogens is 2. The van der Waals surface area contributed by atoms with Crippen LogP contribution in [0.1, 0.15) is 5.56 Å². The van der Waals surface area contributed by atoms with E-state index in [9.17, 15) is 17.6 Å². The molecule has 2 aromatic rings. The lowest BCUT2D eigenvalue weighted by Crippen LogP contribution is -2.54. The molecule has 7 nitrogen and oxygen atoms in total. The summed E-state index contributed by atoms with van der Waals surface area (Å²) in [7, 11) is -1.95. The fourth-order valence-electron chi connectivity index (χ4n) is 3.68. The number of fused-ring (bicyclic) bond motifs is 2. The first-order chi connectivity index (χ1) is 11.7. The summed E-state index contributed by atoms with van der Waals surface area (Å²) in [5.41, 5.74) is 0.0923. The standard InChI is InChI=1S/C15H16FIN4O3S/c1-8-5-10-11-13(12(8)16)25(23,24)7-9-6-19(2)3-4-20(9)14(11)18-15(22)21(10)17/h5,9H,3-4,6-7H2,1-2H3. The van der Waals surface area contributed by atoms with Crippen LogP contribution in [-0.4, -0.2) is 59.6 Å². The van der Waals surface area contributed by atoms with Crippen molar-refractivity contribution in [1.82, 2.24) is 12.7 Å². The van der Waals surface area contributed by atoms with Crippen LogP contribution in [0, 0.1) is 12.7 Å². The molecule has 1 fully saturated rings. The van der Waals surface area contributed by atoms with Crippen molar-refractivity contribution >= 4 is 49.4 Å². The minimum atomic E-state index is -3.86. The maximum Gasteiger partial charge on any atom is 0.359 e. The molecule has 2 aliphatic rings. The molecule has 0 N–H and O–H groups in total. The molecule has 25 heavy (non-hydrogen) atoms. The van der Waals surface area contributed by atoms with Crippen molar-refractivity contribution in [3.8, 4) is 0 Å². The molecule has 4 rings (SSSR count). The van der Waals surface area contributed by atoms with Gasteiger partial charge in [-0.3, -0.25) is 0 Å². The molecule has 0 bridgehead atoms. The number of aromatic nitrogens is 2. The summed E-state index contributed by atoms with van der Waals surface area (Å²) in [5.74, 6) is -0.668. The van der Waals surface area contributed by atoms with Gasteiger partial charge in [-0.25, -0.2) is 20.4 Å². The van der Waals surface area contributed by atoms with E-state index in [1.807, 2.05) is 16.8 Å². The molecule has 3 heterocycles. The van der Waals surface area contributed by atoms with Gasteiger partial charge in [0.2, 0.25) is 0 Å². The number of hydrogen-bond acceptors (Lipinski definition) is 6. The van der Waals surface area contributed by atoms with Crippen LogP contribution in [-0.2, 0) is 9.84 Å². The molecule has 2 aliphatic heterocycles. The predicted molar refractivity (Wildman–Crippen MR) is 101 cm³/mol. The molecule has 1 aromatic heterocycles. The van der Waals surface area contributed by atoms with Gasteiger partial charge in [0.1, 0.15) is 16.5 Å². The minimum absolute atomic E-state index is 0.196. The first-order valence-corrected chi connectivity index (χ1v) is 10.4. The Balaban J connectivity index is 2.19. The van der Waals surface area contributed by atoms with Crippen LogP contribution in [0.3, 0.4) is 0 Å². The summed E-state index contributed by atoms with van der Waals surface area (Å²) < 4.78 is 42.1. The molecular weight excluding hydrogens is 462 g/mol. The molecule has 134 valence electrons. The fourth-order valence-corrected chi connectivity index (χ4v) is 6.07. The normalized spacial score (nSPS) is 22.7. The number of sulfone groups is 1. The van der Waals surface area contributed by atoms with Crippen LogP contribution in [0.15, 0.2) is 15.8 Å². The second-order valence-electron chi connectivity index (χ2n) is 6.62. The zero-order valence-electron chi connectivity index (χ0n) is 13.7. The van der Waals surface area contributed by atoms with Crippen LogP contribution >= 0.6 is 22.9 Å². The lowest BCUT2D eigenvalue weighted by atomic mass is 10.1. The highest BCUT2D eigenvalue weighted by atomic mass is 127. The van der Waals surface area contributed by atoms with E-state index in [1.165, 1.54) is 15.8 Å². The van der Waals surface area contributed by atoms with Crippen LogP contribution in [0.2, 0.25) is 0 Å². The molecule has 0 spiro atoms. The van der Waals surface area contributed by atoms with Crippen molar-refractivity contribution in [2.24, 2.45) is 0 Å². The first kappa shape index (κ1) is 17.2. The van der Waals surface area contributed by atoms with Crippen molar-refractivity contribution in [2.45, 2.75) is 17.9 Å². The van der Waals surface area contributed by atoms with Crippen molar-refractivity contribution in [2.75, 3.05) is 37.3 Å². The van der Waals surface area contributed by atoms with Gasteiger partial charge < -0.3 is 9.80 Å². The molecule has 10 heteroatoms. The number of nitrogens with zero attached hydrogens (tertiary/aromatic N) is 4. The summed E-state index contributed by atoms with van der Waals surface area (Å²) in [6.07, 6.45) is 0. The van der Waals surface area contributed by atoms with Gasteiger partial charge in [0.05, 0.1) is 45.6 Å². The average molecular weight is 478 g/mol. The van der Waals surface area contributed by atoms with E-state index in [2.05, 4.69) is 4.98 Å². The van der Waals surface area contributed by atoms with E-state index in [-0.39, 0.29) is 33.5 Å². The van der Waals surface area contributed by atoms with Crippen molar-refractivity contribution in [3.05, 3.63) is 27.9 Å². The Morgan fingerprint density at radius 3 is 2.80 bits per heavy atom. The summed E-state index contributed by atoms with van der Waals surface area (Å²) >= 11 is 1.78. The van der Waals surface area contributed by atoms with Crippen molar-refractivity contribution in [1.29, 1.82) is 0 Å². The Kier molecular flexibility index (Phi) is 3.85. The monoisotopic (exact) mass is 478 g/mol. The third-order valence-corrected chi connectivity index (χ3v) is 7.63. The van der Waals surface area contributed by atoms with Crippen molar-refractivity contribution in [3.63, 3.8) is 0 Å². The molecule has 0 radical (unpaired) electrons. The molecule has 1 unspecified atom stereocenters. The quantitative estimate of drug-likeness (QED) is 0.526. The highest BCUT2D eigenvalue weighted by Crippen LogP contribution is 2.39. The number of rotatable bonds is 0. The largest absolute Gasteiger partial charge is 0.359 e. The second kappa shape index (κ2) is 5.61. The van der Waals surface area contributed by atoms with Gasteiger partial charge in [-0.15, -0.1) is 0 Å². The van der Waals surface area contributed by atoms with E-state index in [0.29, 0.717) is 18.6 Å². The molecule has 0 saturated carbocycles. The summed E-state index contributed by atoms with van der Waals surface area (Å²) in [6, 6.07) is 1.15. The Bertz CT molecular complexity index is 1070. The van der Waals surface area contributed by atoms with Gasteiger partial charge in [0.25, 0.3) is 0 Å². The third kappa shape index (κ3) is 2.48. The molecule has 1 aromatic carbocycles. The van der Waals surface area contributed by atoms with Crippen LogP contribution < -0.4 is 10.6 Å². The van der Waals surface area contributed by atoms with Gasteiger partial charge in [-0.05, 0) is 25.6 Å². The molecule has 1 atom stereocenters. The van der Waals surface area contributed by atoms with Gasteiger partial charge in [-0.1, -0.05) is 0 Å².